The van der Waals surface area contributed by atoms with Crippen LogP contribution in [0.4, 0.5) is 9.18 Å². The molecule has 3 amide bonds. The molecule has 3 aliphatic heterocycles. The molecule has 2 atom stereocenters. The van der Waals surface area contributed by atoms with Crippen LogP contribution >= 0.6 is 0 Å². The Morgan fingerprint density at radius 1 is 1.13 bits per heavy atom. The van der Waals surface area contributed by atoms with Gasteiger partial charge in [-0.2, -0.15) is 0 Å². The first kappa shape index (κ1) is 18.4. The lowest BCUT2D eigenvalue weighted by Gasteiger charge is -2.39. The highest BCUT2D eigenvalue weighted by atomic mass is 19.1. The van der Waals surface area contributed by atoms with Crippen molar-refractivity contribution < 1.29 is 18.7 Å². The molecule has 0 aromatic heterocycles. The number of hydrogen-bond donors (Lipinski definition) is 0. The average Bonchev–Trinajstić information content (AvgIpc) is 3.28. The molecule has 3 heterocycles. The quantitative estimate of drug-likeness (QED) is 0.786. The van der Waals surface area contributed by atoms with E-state index in [0.29, 0.717) is 11.3 Å². The number of aryl methyl sites for hydroxylation is 1. The molecule has 30 heavy (non-hydrogen) atoms. The predicted octanol–water partition coefficient (Wildman–Crippen LogP) is 2.92. The monoisotopic (exact) mass is 406 g/mol. The van der Waals surface area contributed by atoms with E-state index in [1.54, 1.807) is 30.3 Å². The van der Waals surface area contributed by atoms with Crippen LogP contribution in [0.3, 0.4) is 0 Å². The van der Waals surface area contributed by atoms with Crippen molar-refractivity contribution in [2.45, 2.75) is 25.7 Å². The van der Waals surface area contributed by atoms with Gasteiger partial charge in [-0.15, -0.1) is 0 Å². The molecule has 8 heteroatoms. The van der Waals surface area contributed by atoms with Gasteiger partial charge in [0.2, 0.25) is 0 Å². The zero-order valence-electron chi connectivity index (χ0n) is 16.4. The Hall–Kier alpha value is -3.68. The summed E-state index contributed by atoms with van der Waals surface area (Å²) in [6.45, 7) is 2.15. The van der Waals surface area contributed by atoms with Crippen LogP contribution in [-0.4, -0.2) is 51.9 Å². The summed E-state index contributed by atoms with van der Waals surface area (Å²) in [6.07, 6.45) is 1.03. The van der Waals surface area contributed by atoms with Gasteiger partial charge in [0.25, 0.3) is 11.9 Å². The minimum Gasteiger partial charge on any atom is -0.423 e. The number of urea groups is 1. The Balaban J connectivity index is 1.44. The van der Waals surface area contributed by atoms with Gasteiger partial charge in [0.15, 0.2) is 18.0 Å². The summed E-state index contributed by atoms with van der Waals surface area (Å²) in [7, 11) is 1.63. The summed E-state index contributed by atoms with van der Waals surface area (Å²) in [5.74, 6) is -0.196. The topological polar surface area (TPSA) is 65.5 Å². The second-order valence-electron chi connectivity index (χ2n) is 7.59. The number of likely N-dealkylation sites (N-methyl/N-ethyl adjacent to an activating group) is 1. The maximum atomic E-state index is 13.3. The molecule has 2 aromatic carbocycles. The normalized spacial score (nSPS) is 22.6. The van der Waals surface area contributed by atoms with E-state index in [2.05, 4.69) is 4.99 Å². The summed E-state index contributed by atoms with van der Waals surface area (Å²) in [5, 5.41) is 0. The molecule has 2 unspecified atom stereocenters. The first-order valence-electron chi connectivity index (χ1n) is 9.58. The molecule has 0 bridgehead atoms. The fourth-order valence-electron chi connectivity index (χ4n) is 3.97. The number of amides is 3. The van der Waals surface area contributed by atoms with Crippen molar-refractivity contribution >= 4 is 23.7 Å². The predicted molar refractivity (Wildman–Crippen MR) is 107 cm³/mol. The number of benzene rings is 2. The van der Waals surface area contributed by atoms with E-state index in [1.807, 2.05) is 31.2 Å². The van der Waals surface area contributed by atoms with E-state index in [4.69, 9.17) is 4.74 Å². The van der Waals surface area contributed by atoms with Crippen molar-refractivity contribution in [3.05, 3.63) is 77.2 Å². The van der Waals surface area contributed by atoms with Crippen LogP contribution in [-0.2, 0) is 16.1 Å². The largest absolute Gasteiger partial charge is 0.423 e. The number of amidine groups is 1. The molecular weight excluding hydrogens is 387 g/mol. The second-order valence-corrected chi connectivity index (χ2v) is 7.59. The van der Waals surface area contributed by atoms with Gasteiger partial charge in [0, 0.05) is 12.6 Å². The molecular formula is C22H19FN4O3. The first-order chi connectivity index (χ1) is 14.4. The third kappa shape index (κ3) is 2.83. The van der Waals surface area contributed by atoms with Gasteiger partial charge in [-0.05, 0) is 36.8 Å². The molecule has 3 aliphatic rings. The average molecular weight is 406 g/mol. The van der Waals surface area contributed by atoms with Crippen LogP contribution in [0, 0.1) is 12.7 Å². The van der Waals surface area contributed by atoms with Crippen molar-refractivity contribution in [3.8, 4) is 0 Å². The molecule has 5 rings (SSSR count). The van der Waals surface area contributed by atoms with Crippen molar-refractivity contribution in [1.29, 1.82) is 0 Å². The highest BCUT2D eigenvalue weighted by Gasteiger charge is 2.54. The molecule has 0 saturated carbocycles. The third-order valence-electron chi connectivity index (χ3n) is 5.50. The van der Waals surface area contributed by atoms with Crippen LogP contribution in [0.25, 0.3) is 5.76 Å². The number of fused-ring (bicyclic) bond motifs is 3. The number of imide groups is 1. The Morgan fingerprint density at radius 2 is 1.90 bits per heavy atom. The fourth-order valence-corrected chi connectivity index (χ4v) is 3.97. The number of carbonyl (C=O) groups excluding carboxylic acids is 2. The number of hydrogen-bond acceptors (Lipinski definition) is 5. The molecule has 1 fully saturated rings. The molecule has 152 valence electrons. The lowest BCUT2D eigenvalue weighted by Crippen LogP contribution is -2.63. The van der Waals surface area contributed by atoms with Gasteiger partial charge in [0.1, 0.15) is 5.82 Å². The number of ether oxygens (including phenoxy) is 1. The van der Waals surface area contributed by atoms with Crippen LogP contribution in [0.1, 0.15) is 16.7 Å². The molecule has 1 saturated heterocycles. The second kappa shape index (κ2) is 6.69. The highest BCUT2D eigenvalue weighted by Crippen LogP contribution is 2.35. The van der Waals surface area contributed by atoms with Crippen molar-refractivity contribution in [1.82, 2.24) is 14.7 Å². The van der Waals surface area contributed by atoms with Crippen LogP contribution in [0.2, 0.25) is 0 Å². The zero-order chi connectivity index (χ0) is 21.0. The SMILES string of the molecule is Cc1cccc(CN2C(=O)C3C(N=C4OC(c5ccc(F)cc5)=CN43)N(C)C2=O)c1. The maximum absolute atomic E-state index is 13.3. The molecule has 0 radical (unpaired) electrons. The van der Waals surface area contributed by atoms with Gasteiger partial charge < -0.3 is 9.64 Å². The van der Waals surface area contributed by atoms with E-state index < -0.39 is 18.2 Å². The minimum absolute atomic E-state index is 0.186. The number of halogens is 1. The molecule has 0 N–H and O–H groups in total. The maximum Gasteiger partial charge on any atom is 0.328 e. The Bertz CT molecular complexity index is 1110. The molecule has 0 aliphatic carbocycles. The lowest BCUT2D eigenvalue weighted by atomic mass is 10.1. The van der Waals surface area contributed by atoms with Crippen molar-refractivity contribution in [2.24, 2.45) is 4.99 Å². The van der Waals surface area contributed by atoms with E-state index in [0.717, 1.165) is 11.1 Å². The van der Waals surface area contributed by atoms with Crippen LogP contribution < -0.4 is 0 Å². The molecule has 2 aromatic rings. The summed E-state index contributed by atoms with van der Waals surface area (Å²) in [5.41, 5.74) is 2.61. The smallest absolute Gasteiger partial charge is 0.328 e. The van der Waals surface area contributed by atoms with Gasteiger partial charge in [-0.25, -0.2) is 14.2 Å². The molecule has 7 nitrogen and oxygen atoms in total. The van der Waals surface area contributed by atoms with Crippen molar-refractivity contribution in [2.75, 3.05) is 7.05 Å². The lowest BCUT2D eigenvalue weighted by molar-refractivity contribution is -0.137. The van der Waals surface area contributed by atoms with Gasteiger partial charge in [0.05, 0.1) is 12.7 Å². The summed E-state index contributed by atoms with van der Waals surface area (Å²) >= 11 is 0. The first-order valence-corrected chi connectivity index (χ1v) is 9.58. The number of nitrogens with zero attached hydrogens (tertiary/aromatic N) is 4. The standard InChI is InChI=1S/C22H19FN4O3/c1-13-4-3-5-14(10-13)11-27-20(28)18-19(25(2)22(27)29)24-21-26(18)12-17(30-21)15-6-8-16(23)9-7-15/h3-10,12,18-19H,11H2,1-2H3. The third-order valence-corrected chi connectivity index (χ3v) is 5.50. The summed E-state index contributed by atoms with van der Waals surface area (Å²) < 4.78 is 19.0. The molecule has 0 spiro atoms. The van der Waals surface area contributed by atoms with Crippen LogP contribution in [0.15, 0.2) is 59.7 Å². The van der Waals surface area contributed by atoms with Gasteiger partial charge in [-0.1, -0.05) is 29.8 Å². The zero-order valence-corrected chi connectivity index (χ0v) is 16.4. The summed E-state index contributed by atoms with van der Waals surface area (Å²) in [6, 6.07) is 12.8. The van der Waals surface area contributed by atoms with E-state index >= 15 is 0 Å². The fraction of sp³-hybridized carbons (Fsp3) is 0.227. The Kier molecular flexibility index (Phi) is 4.09. The van der Waals surface area contributed by atoms with E-state index in [1.165, 1.54) is 21.9 Å². The number of rotatable bonds is 3. The van der Waals surface area contributed by atoms with E-state index in [9.17, 15) is 14.0 Å². The Morgan fingerprint density at radius 3 is 2.63 bits per heavy atom. The van der Waals surface area contributed by atoms with Crippen LogP contribution in [0.5, 0.6) is 0 Å². The number of carbonyl (C=O) groups is 2. The highest BCUT2D eigenvalue weighted by molar-refractivity contribution is 6.04. The van der Waals surface area contributed by atoms with Crippen molar-refractivity contribution in [3.63, 3.8) is 0 Å². The summed E-state index contributed by atoms with van der Waals surface area (Å²) in [4.78, 5) is 35.0. The number of aliphatic imine (C=N–C) groups is 1. The van der Waals surface area contributed by atoms with Gasteiger partial charge in [-0.3, -0.25) is 14.6 Å². The van der Waals surface area contributed by atoms with E-state index in [-0.39, 0.29) is 24.3 Å². The van der Waals surface area contributed by atoms with Gasteiger partial charge >= 0.3 is 6.03 Å². The minimum atomic E-state index is -0.703. The Labute approximate surface area is 172 Å².